The quantitative estimate of drug-likeness (QED) is 0.648. The molecule has 2 aliphatic carbocycles. The minimum absolute atomic E-state index is 0.104. The summed E-state index contributed by atoms with van der Waals surface area (Å²) >= 11 is 0. The van der Waals surface area contributed by atoms with Crippen molar-refractivity contribution in [1.82, 2.24) is 5.32 Å². The van der Waals surface area contributed by atoms with Gasteiger partial charge in [-0.3, -0.25) is 0 Å². The van der Waals surface area contributed by atoms with Gasteiger partial charge in [-0.2, -0.15) is 5.26 Å². The fraction of sp³-hybridized carbons (Fsp3) is 0.519. The summed E-state index contributed by atoms with van der Waals surface area (Å²) < 4.78 is 6.67. The van der Waals surface area contributed by atoms with Gasteiger partial charge in [-0.05, 0) is 99.3 Å². The van der Waals surface area contributed by atoms with E-state index in [0.717, 1.165) is 41.7 Å². The summed E-state index contributed by atoms with van der Waals surface area (Å²) in [6, 6.07) is 16.9. The lowest BCUT2D eigenvalue weighted by atomic mass is 9.72. The van der Waals surface area contributed by atoms with Gasteiger partial charge in [0.25, 0.3) is 0 Å². The molecule has 2 aromatic rings. The minimum atomic E-state index is 0.104. The van der Waals surface area contributed by atoms with Crippen LogP contribution in [0.4, 0.5) is 0 Å². The Balaban J connectivity index is 1.55. The lowest BCUT2D eigenvalue weighted by Gasteiger charge is -2.38. The van der Waals surface area contributed by atoms with Crippen LogP contribution in [0, 0.1) is 36.0 Å². The summed E-state index contributed by atoms with van der Waals surface area (Å²) in [7, 11) is 2.07. The van der Waals surface area contributed by atoms with Crippen LogP contribution in [0.2, 0.25) is 0 Å². The first kappa shape index (κ1) is 20.9. The van der Waals surface area contributed by atoms with Gasteiger partial charge >= 0.3 is 0 Å². The van der Waals surface area contributed by atoms with Crippen LogP contribution in [0.15, 0.2) is 42.5 Å². The highest BCUT2D eigenvalue weighted by Gasteiger charge is 2.34. The van der Waals surface area contributed by atoms with Gasteiger partial charge in [0.1, 0.15) is 11.9 Å². The number of ether oxygens (including phenoxy) is 1. The number of nitrogens with zero attached hydrogens (tertiary/aromatic N) is 1. The SMILES string of the molecule is CNCC1CCCC(CC2CCc3ccccc3C2Oc2ccc(C#N)c(C)c2)C1. The van der Waals surface area contributed by atoms with Crippen LogP contribution in [0.5, 0.6) is 5.75 Å². The summed E-state index contributed by atoms with van der Waals surface area (Å²) in [6.07, 6.45) is 9.16. The lowest BCUT2D eigenvalue weighted by Crippen LogP contribution is -2.30. The Hall–Kier alpha value is -2.31. The molecule has 0 aromatic heterocycles. The molecular formula is C27H34N2O. The first-order valence-electron chi connectivity index (χ1n) is 11.6. The fourth-order valence-electron chi connectivity index (χ4n) is 5.69. The van der Waals surface area contributed by atoms with Crippen molar-refractivity contribution in [3.63, 3.8) is 0 Å². The Bertz CT molecular complexity index is 898. The third-order valence-corrected chi connectivity index (χ3v) is 7.18. The Labute approximate surface area is 181 Å². The van der Waals surface area contributed by atoms with Crippen LogP contribution in [-0.4, -0.2) is 13.6 Å². The molecule has 0 bridgehead atoms. The van der Waals surface area contributed by atoms with Gasteiger partial charge in [-0.15, -0.1) is 0 Å². The standard InChI is InChI=1S/C27H34N2O/c1-19-14-25(13-12-24(19)17-28)30-27-23(11-10-22-8-3-4-9-26(22)27)16-20-6-5-7-21(15-20)18-29-2/h3-4,8-9,12-14,20-21,23,27,29H,5-7,10-11,15-16,18H2,1-2H3. The molecule has 3 heteroatoms. The van der Waals surface area contributed by atoms with Crippen LogP contribution in [0.3, 0.4) is 0 Å². The fourth-order valence-corrected chi connectivity index (χ4v) is 5.69. The third kappa shape index (κ3) is 4.71. The molecule has 1 N–H and O–H groups in total. The zero-order chi connectivity index (χ0) is 20.9. The predicted molar refractivity (Wildman–Crippen MR) is 122 cm³/mol. The summed E-state index contributed by atoms with van der Waals surface area (Å²) in [5, 5.41) is 12.6. The first-order valence-corrected chi connectivity index (χ1v) is 11.6. The number of nitrogens with one attached hydrogen (secondary N) is 1. The number of hydrogen-bond donors (Lipinski definition) is 1. The first-order chi connectivity index (χ1) is 14.7. The number of fused-ring (bicyclic) bond motifs is 1. The summed E-state index contributed by atoms with van der Waals surface area (Å²) in [4.78, 5) is 0. The van der Waals surface area contributed by atoms with E-state index in [9.17, 15) is 5.26 Å². The Morgan fingerprint density at radius 3 is 2.73 bits per heavy atom. The van der Waals surface area contributed by atoms with Crippen molar-refractivity contribution in [2.75, 3.05) is 13.6 Å². The Morgan fingerprint density at radius 1 is 1.10 bits per heavy atom. The number of rotatable bonds is 6. The van der Waals surface area contributed by atoms with Crippen molar-refractivity contribution in [3.05, 3.63) is 64.7 Å². The van der Waals surface area contributed by atoms with Crippen LogP contribution in [0.1, 0.15) is 66.9 Å². The lowest BCUT2D eigenvalue weighted by molar-refractivity contribution is 0.0894. The van der Waals surface area contributed by atoms with Gasteiger partial charge in [-0.25, -0.2) is 0 Å². The average molecular weight is 403 g/mol. The molecule has 0 spiro atoms. The highest BCUT2D eigenvalue weighted by molar-refractivity contribution is 5.42. The van der Waals surface area contributed by atoms with Gasteiger partial charge in [0.05, 0.1) is 11.6 Å². The van der Waals surface area contributed by atoms with Gasteiger partial charge in [0, 0.05) is 5.92 Å². The van der Waals surface area contributed by atoms with E-state index in [1.807, 2.05) is 25.1 Å². The molecule has 2 aromatic carbocycles. The van der Waals surface area contributed by atoms with Crippen LogP contribution in [0.25, 0.3) is 0 Å². The molecule has 1 fully saturated rings. The maximum atomic E-state index is 9.25. The zero-order valence-electron chi connectivity index (χ0n) is 18.4. The predicted octanol–water partition coefficient (Wildman–Crippen LogP) is 5.97. The van der Waals surface area contributed by atoms with E-state index < -0.39 is 0 Å². The van der Waals surface area contributed by atoms with Crippen molar-refractivity contribution < 1.29 is 4.74 Å². The highest BCUT2D eigenvalue weighted by atomic mass is 16.5. The number of nitriles is 1. The maximum absolute atomic E-state index is 9.25. The van der Waals surface area contributed by atoms with Crippen molar-refractivity contribution in [2.24, 2.45) is 17.8 Å². The molecule has 4 unspecified atom stereocenters. The summed E-state index contributed by atoms with van der Waals surface area (Å²) in [5.74, 6) is 3.07. The summed E-state index contributed by atoms with van der Waals surface area (Å²) in [5.41, 5.74) is 4.50. The smallest absolute Gasteiger partial charge is 0.127 e. The number of benzene rings is 2. The Kier molecular flexibility index (Phi) is 6.75. The van der Waals surface area contributed by atoms with Crippen molar-refractivity contribution in [3.8, 4) is 11.8 Å². The molecule has 3 nitrogen and oxygen atoms in total. The van der Waals surface area contributed by atoms with Gasteiger partial charge in [0.2, 0.25) is 0 Å². The van der Waals surface area contributed by atoms with Crippen LogP contribution in [-0.2, 0) is 6.42 Å². The monoisotopic (exact) mass is 402 g/mol. The summed E-state index contributed by atoms with van der Waals surface area (Å²) in [6.45, 7) is 3.14. The molecule has 0 saturated heterocycles. The molecule has 1 saturated carbocycles. The second kappa shape index (κ2) is 9.67. The van der Waals surface area contributed by atoms with Gasteiger partial charge < -0.3 is 10.1 Å². The van der Waals surface area contributed by atoms with E-state index in [4.69, 9.17) is 4.74 Å². The van der Waals surface area contributed by atoms with E-state index in [2.05, 4.69) is 42.7 Å². The van der Waals surface area contributed by atoms with Crippen molar-refractivity contribution in [1.29, 1.82) is 5.26 Å². The number of aryl methyl sites for hydroxylation is 2. The molecule has 2 aliphatic rings. The Morgan fingerprint density at radius 2 is 1.93 bits per heavy atom. The van der Waals surface area contributed by atoms with Crippen molar-refractivity contribution >= 4 is 0 Å². The van der Waals surface area contributed by atoms with E-state index in [1.54, 1.807) is 0 Å². The molecule has 0 heterocycles. The average Bonchev–Trinajstić information content (AvgIpc) is 2.76. The van der Waals surface area contributed by atoms with E-state index in [1.165, 1.54) is 49.7 Å². The van der Waals surface area contributed by atoms with Crippen LogP contribution < -0.4 is 10.1 Å². The maximum Gasteiger partial charge on any atom is 0.127 e. The van der Waals surface area contributed by atoms with Gasteiger partial charge in [-0.1, -0.05) is 37.1 Å². The van der Waals surface area contributed by atoms with E-state index in [0.29, 0.717) is 5.92 Å². The van der Waals surface area contributed by atoms with Gasteiger partial charge in [0.15, 0.2) is 0 Å². The van der Waals surface area contributed by atoms with Crippen LogP contribution >= 0.6 is 0 Å². The molecule has 4 atom stereocenters. The molecule has 158 valence electrons. The molecule has 0 aliphatic heterocycles. The molecular weight excluding hydrogens is 368 g/mol. The molecule has 0 radical (unpaired) electrons. The molecule has 4 rings (SSSR count). The molecule has 0 amide bonds. The normalized spacial score (nSPS) is 25.9. The topological polar surface area (TPSA) is 45.0 Å². The third-order valence-electron chi connectivity index (χ3n) is 7.18. The minimum Gasteiger partial charge on any atom is -0.485 e. The number of hydrogen-bond acceptors (Lipinski definition) is 3. The largest absolute Gasteiger partial charge is 0.485 e. The highest BCUT2D eigenvalue weighted by Crippen LogP contribution is 2.43. The second-order valence-electron chi connectivity index (χ2n) is 9.32. The molecule has 30 heavy (non-hydrogen) atoms. The van der Waals surface area contributed by atoms with Crippen molar-refractivity contribution in [2.45, 2.75) is 58.0 Å². The van der Waals surface area contributed by atoms with E-state index in [-0.39, 0.29) is 6.10 Å². The van der Waals surface area contributed by atoms with E-state index >= 15 is 0 Å². The zero-order valence-corrected chi connectivity index (χ0v) is 18.4. The second-order valence-corrected chi connectivity index (χ2v) is 9.32.